The Morgan fingerprint density at radius 2 is 2.25 bits per heavy atom. The van der Waals surface area contributed by atoms with Crippen LogP contribution < -0.4 is 5.12 Å². The number of nitrogens with zero attached hydrogens (tertiary/aromatic N) is 1. The number of hydrogen-bond donors (Lipinski definition) is 0. The molecule has 2 rings (SSSR count). The molecule has 0 aromatic heterocycles. The van der Waals surface area contributed by atoms with Gasteiger partial charge in [-0.3, -0.25) is 4.79 Å². The summed E-state index contributed by atoms with van der Waals surface area (Å²) in [5, 5.41) is 0.196. The number of fused-ring (bicyclic) bond motifs is 1. The summed E-state index contributed by atoms with van der Waals surface area (Å²) in [5.74, 6) is -0.497. The van der Waals surface area contributed by atoms with Crippen LogP contribution in [0.5, 0.6) is 0 Å². The number of carbonyl (C=O) groups is 1. The molecule has 0 saturated heterocycles. The lowest BCUT2D eigenvalue weighted by atomic mass is 10.2. The predicted octanol–water partition coefficient (Wildman–Crippen LogP) is 2.22. The molecule has 0 unspecified atom stereocenters. The molecule has 2 nitrogen and oxygen atoms in total. The summed E-state index contributed by atoms with van der Waals surface area (Å²) in [6, 6.07) is 5.06. The number of amides is 1. The minimum atomic E-state index is -0.497. The Hall–Kier alpha value is -0.900. The third kappa shape index (κ3) is 1.03. The molecule has 1 heterocycles. The zero-order chi connectivity index (χ0) is 8.72. The smallest absolute Gasteiger partial charge is 0.259 e. The van der Waals surface area contributed by atoms with E-state index < -0.39 is 5.91 Å². The molecule has 1 aliphatic rings. The monoisotopic (exact) mass is 229 g/mol. The van der Waals surface area contributed by atoms with Gasteiger partial charge in [0.05, 0.1) is 12.1 Å². The second kappa shape index (κ2) is 2.55. The van der Waals surface area contributed by atoms with Gasteiger partial charge in [-0.25, -0.2) is 0 Å². The van der Waals surface area contributed by atoms with Gasteiger partial charge in [0, 0.05) is 4.47 Å². The molecule has 1 aliphatic heterocycles. The van der Waals surface area contributed by atoms with Crippen molar-refractivity contribution >= 4 is 27.5 Å². The van der Waals surface area contributed by atoms with Crippen LogP contribution in [0.2, 0.25) is 0 Å². The van der Waals surface area contributed by atoms with Crippen LogP contribution >= 0.6 is 15.9 Å². The maximum Gasteiger partial charge on any atom is 0.259 e. The van der Waals surface area contributed by atoms with E-state index in [-0.39, 0.29) is 11.5 Å². The largest absolute Gasteiger partial charge is 0.272 e. The van der Waals surface area contributed by atoms with Gasteiger partial charge in [0.25, 0.3) is 5.91 Å². The molecular formula is C8H5BrFNO. The van der Waals surface area contributed by atoms with Crippen molar-refractivity contribution in [3.8, 4) is 0 Å². The van der Waals surface area contributed by atoms with Gasteiger partial charge in [-0.2, -0.15) is 0 Å². The van der Waals surface area contributed by atoms with Gasteiger partial charge < -0.3 is 0 Å². The molecule has 0 fully saturated rings. The Bertz CT molecular complexity index is 353. The zero-order valence-electron chi connectivity index (χ0n) is 6.05. The van der Waals surface area contributed by atoms with Crippen molar-refractivity contribution in [1.29, 1.82) is 0 Å². The highest BCUT2D eigenvalue weighted by Gasteiger charge is 2.27. The van der Waals surface area contributed by atoms with Crippen molar-refractivity contribution in [3.05, 3.63) is 28.2 Å². The third-order valence-electron chi connectivity index (χ3n) is 1.81. The van der Waals surface area contributed by atoms with Crippen molar-refractivity contribution in [2.45, 2.75) is 6.42 Å². The molecule has 0 bridgehead atoms. The lowest BCUT2D eigenvalue weighted by Crippen LogP contribution is -2.15. The molecule has 0 atom stereocenters. The Morgan fingerprint density at radius 3 is 3.00 bits per heavy atom. The van der Waals surface area contributed by atoms with Gasteiger partial charge in [-0.05, 0) is 23.8 Å². The number of halogens is 2. The van der Waals surface area contributed by atoms with Gasteiger partial charge in [0.15, 0.2) is 0 Å². The first-order valence-electron chi connectivity index (χ1n) is 3.45. The molecular weight excluding hydrogens is 225 g/mol. The van der Waals surface area contributed by atoms with Crippen molar-refractivity contribution in [3.63, 3.8) is 0 Å². The second-order valence-electron chi connectivity index (χ2n) is 2.62. The zero-order valence-corrected chi connectivity index (χ0v) is 7.64. The summed E-state index contributed by atoms with van der Waals surface area (Å²) in [5.41, 5.74) is 1.10. The normalized spacial score (nSPS) is 15.2. The van der Waals surface area contributed by atoms with Crippen molar-refractivity contribution < 1.29 is 9.28 Å². The van der Waals surface area contributed by atoms with E-state index in [4.69, 9.17) is 0 Å². The molecule has 4 heteroatoms. The van der Waals surface area contributed by atoms with Crippen LogP contribution in [0.1, 0.15) is 5.56 Å². The minimum Gasteiger partial charge on any atom is -0.272 e. The molecule has 0 spiro atoms. The first kappa shape index (κ1) is 7.73. The molecule has 0 saturated carbocycles. The number of carbonyl (C=O) groups excluding carboxylic acids is 1. The van der Waals surface area contributed by atoms with Crippen LogP contribution in [-0.4, -0.2) is 5.91 Å². The van der Waals surface area contributed by atoms with Gasteiger partial charge in [0.1, 0.15) is 0 Å². The fraction of sp³-hybridized carbons (Fsp3) is 0.125. The number of benzene rings is 1. The van der Waals surface area contributed by atoms with Crippen LogP contribution in [0.15, 0.2) is 22.7 Å². The summed E-state index contributed by atoms with van der Waals surface area (Å²) in [6.45, 7) is 0. The maximum atomic E-state index is 12.9. The minimum absolute atomic E-state index is 0.158. The van der Waals surface area contributed by atoms with E-state index in [1.165, 1.54) is 0 Å². The molecule has 62 valence electrons. The molecule has 12 heavy (non-hydrogen) atoms. The highest BCUT2D eigenvalue weighted by molar-refractivity contribution is 9.10. The molecule has 1 amide bonds. The van der Waals surface area contributed by atoms with Gasteiger partial charge in [0.2, 0.25) is 0 Å². The maximum absolute atomic E-state index is 12.9. The molecule has 0 aliphatic carbocycles. The van der Waals surface area contributed by atoms with Gasteiger partial charge in [-0.1, -0.05) is 20.4 Å². The summed E-state index contributed by atoms with van der Waals surface area (Å²) >= 11 is 3.25. The standard InChI is InChI=1S/C8H5BrFNO/c9-6-1-2-7-5(3-6)4-8(12)11(7)10/h1-3H,4H2. The third-order valence-corrected chi connectivity index (χ3v) is 2.31. The predicted molar refractivity (Wildman–Crippen MR) is 46.4 cm³/mol. The highest BCUT2D eigenvalue weighted by atomic mass is 79.9. The lowest BCUT2D eigenvalue weighted by molar-refractivity contribution is -0.119. The van der Waals surface area contributed by atoms with Crippen LogP contribution in [0.4, 0.5) is 10.2 Å². The van der Waals surface area contributed by atoms with Crippen LogP contribution in [0.3, 0.4) is 0 Å². The van der Waals surface area contributed by atoms with E-state index in [2.05, 4.69) is 15.9 Å². The molecule has 0 radical (unpaired) electrons. The van der Waals surface area contributed by atoms with E-state index >= 15 is 0 Å². The fourth-order valence-corrected chi connectivity index (χ4v) is 1.66. The quantitative estimate of drug-likeness (QED) is 0.625. The molecule has 1 aromatic rings. The van der Waals surface area contributed by atoms with E-state index in [1.807, 2.05) is 0 Å². The van der Waals surface area contributed by atoms with E-state index in [1.54, 1.807) is 18.2 Å². The Kier molecular flexibility index (Phi) is 1.65. The number of hydrogen-bond acceptors (Lipinski definition) is 1. The van der Waals surface area contributed by atoms with Crippen LogP contribution in [-0.2, 0) is 11.2 Å². The van der Waals surface area contributed by atoms with Gasteiger partial charge in [-0.15, -0.1) is 5.12 Å². The first-order chi connectivity index (χ1) is 5.68. The average molecular weight is 230 g/mol. The summed E-state index contributed by atoms with van der Waals surface area (Å²) < 4.78 is 13.8. The Balaban J connectivity index is 2.54. The van der Waals surface area contributed by atoms with Crippen LogP contribution in [0.25, 0.3) is 0 Å². The summed E-state index contributed by atoms with van der Waals surface area (Å²) in [4.78, 5) is 10.9. The van der Waals surface area contributed by atoms with E-state index in [0.717, 1.165) is 10.0 Å². The molecule has 1 aromatic carbocycles. The van der Waals surface area contributed by atoms with Crippen molar-refractivity contribution in [2.75, 3.05) is 5.12 Å². The lowest BCUT2D eigenvalue weighted by Gasteiger charge is -2.02. The fourth-order valence-electron chi connectivity index (χ4n) is 1.25. The van der Waals surface area contributed by atoms with E-state index in [9.17, 15) is 9.28 Å². The van der Waals surface area contributed by atoms with Gasteiger partial charge >= 0.3 is 0 Å². The SMILES string of the molecule is O=C1Cc2cc(Br)ccc2N1F. The van der Waals surface area contributed by atoms with Crippen molar-refractivity contribution in [1.82, 2.24) is 0 Å². The number of rotatable bonds is 0. The van der Waals surface area contributed by atoms with E-state index in [0.29, 0.717) is 5.69 Å². The Labute approximate surface area is 77.0 Å². The average Bonchev–Trinajstić information content (AvgIpc) is 2.28. The topological polar surface area (TPSA) is 20.3 Å². The second-order valence-corrected chi connectivity index (χ2v) is 3.54. The highest BCUT2D eigenvalue weighted by Crippen LogP contribution is 2.31. The summed E-state index contributed by atoms with van der Waals surface area (Å²) in [7, 11) is 0. The van der Waals surface area contributed by atoms with Crippen LogP contribution in [0, 0.1) is 0 Å². The Morgan fingerprint density at radius 1 is 1.50 bits per heavy atom. The molecule has 0 N–H and O–H groups in total. The number of anilines is 1. The van der Waals surface area contributed by atoms with Crippen molar-refractivity contribution in [2.24, 2.45) is 0 Å². The first-order valence-corrected chi connectivity index (χ1v) is 4.25. The summed E-state index contributed by atoms with van der Waals surface area (Å²) in [6.07, 6.45) is 0.158.